The van der Waals surface area contributed by atoms with Crippen LogP contribution >= 0.6 is 0 Å². The lowest BCUT2D eigenvalue weighted by Gasteiger charge is -2.45. The molecule has 0 aromatic heterocycles. The lowest BCUT2D eigenvalue weighted by molar-refractivity contribution is -0.359. The number of benzene rings is 1. The summed E-state index contributed by atoms with van der Waals surface area (Å²) >= 11 is 0. The number of fused-ring (bicyclic) bond motifs is 1. The number of aliphatic hydroxyl groups is 7. The minimum atomic E-state index is -1.86. The second-order valence-corrected chi connectivity index (χ2v) is 10.1. The predicted octanol–water partition coefficient (Wildman–Crippen LogP) is -2.90. The lowest BCUT2D eigenvalue weighted by Crippen LogP contribution is -2.62. The number of hydrogen-bond donors (Lipinski definition) is 8. The fourth-order valence-electron chi connectivity index (χ4n) is 5.89. The van der Waals surface area contributed by atoms with Gasteiger partial charge in [0.1, 0.15) is 30.0 Å². The third kappa shape index (κ3) is 5.38. The summed E-state index contributed by atoms with van der Waals surface area (Å²) in [5.41, 5.74) is -0.930. The molecular weight excluding hydrogens is 506 g/mol. The second-order valence-electron chi connectivity index (χ2n) is 10.1. The van der Waals surface area contributed by atoms with E-state index in [2.05, 4.69) is 5.32 Å². The minimum Gasteiger partial charge on any atom is -0.493 e. The van der Waals surface area contributed by atoms with E-state index in [-0.39, 0.29) is 6.61 Å². The summed E-state index contributed by atoms with van der Waals surface area (Å²) in [5, 5.41) is 76.3. The highest BCUT2D eigenvalue weighted by atomic mass is 16.8. The monoisotopic (exact) mass is 545 g/mol. The summed E-state index contributed by atoms with van der Waals surface area (Å²) in [4.78, 5) is 0. The number of hydrogen-bond acceptors (Lipinski definition) is 13. The number of rotatable bonds is 10. The van der Waals surface area contributed by atoms with Crippen molar-refractivity contribution in [1.82, 2.24) is 5.32 Å². The van der Waals surface area contributed by atoms with Crippen molar-refractivity contribution in [3.8, 4) is 11.5 Å². The van der Waals surface area contributed by atoms with Crippen LogP contribution in [0.4, 0.5) is 0 Å². The van der Waals surface area contributed by atoms with E-state index in [9.17, 15) is 35.7 Å². The van der Waals surface area contributed by atoms with Crippen molar-refractivity contribution in [2.24, 2.45) is 11.8 Å². The predicted molar refractivity (Wildman–Crippen MR) is 129 cm³/mol. The third-order valence-electron chi connectivity index (χ3n) is 7.98. The van der Waals surface area contributed by atoms with Gasteiger partial charge in [-0.3, -0.25) is 0 Å². The zero-order chi connectivity index (χ0) is 27.6. The van der Waals surface area contributed by atoms with Crippen LogP contribution in [0.2, 0.25) is 0 Å². The van der Waals surface area contributed by atoms with Gasteiger partial charge >= 0.3 is 0 Å². The Bertz CT molecular complexity index is 920. The Hall–Kier alpha value is -1.62. The standard InChI is InChI=1S/C25H39NO12/c1-34-14-4-3-12(9-15(14)35-2)5-7-26-22-18(29)13-6-8-36-23(17(13)25(22,33)11-28)38-24-21(32)20(31)19(30)16(10-27)37-24/h3-4,9,13,16-24,26-33H,5-8,10-11H2,1-2H3/t13-,16-,17-,18+,19-,20+,21-,22-,23-,24+,25+/m1/s1. The van der Waals surface area contributed by atoms with Crippen LogP contribution in [0.3, 0.4) is 0 Å². The molecule has 4 rings (SSSR count). The average Bonchev–Trinajstić information content (AvgIpc) is 3.16. The van der Waals surface area contributed by atoms with Crippen LogP contribution in [0.15, 0.2) is 18.2 Å². The van der Waals surface area contributed by atoms with Gasteiger partial charge in [-0.05, 0) is 43.0 Å². The SMILES string of the molecule is COc1ccc(CCN[C@@H]2[C@@H](O)[C@@H]3CCO[C@H](O[C@@H]4O[C@H](CO)[C@@H](O)[C@H](O)[C@H]4O)[C@@H]3[C@@]2(O)CO)cc1OC. The molecule has 0 bridgehead atoms. The summed E-state index contributed by atoms with van der Waals surface area (Å²) in [7, 11) is 3.09. The maximum Gasteiger partial charge on any atom is 0.189 e. The zero-order valence-electron chi connectivity index (χ0n) is 21.4. The molecular formula is C25H39NO12. The van der Waals surface area contributed by atoms with Gasteiger partial charge in [0.25, 0.3) is 0 Å². The fourth-order valence-corrected chi connectivity index (χ4v) is 5.89. The molecule has 38 heavy (non-hydrogen) atoms. The van der Waals surface area contributed by atoms with Gasteiger partial charge in [0.15, 0.2) is 24.1 Å². The van der Waals surface area contributed by atoms with Gasteiger partial charge in [-0.2, -0.15) is 0 Å². The van der Waals surface area contributed by atoms with Crippen molar-refractivity contribution in [2.75, 3.05) is 40.6 Å². The molecule has 3 aliphatic rings. The third-order valence-corrected chi connectivity index (χ3v) is 7.98. The first kappa shape index (κ1) is 29.4. The molecule has 0 radical (unpaired) electrons. The van der Waals surface area contributed by atoms with Crippen molar-refractivity contribution in [2.45, 2.75) is 67.6 Å². The van der Waals surface area contributed by atoms with Crippen molar-refractivity contribution in [3.05, 3.63) is 23.8 Å². The van der Waals surface area contributed by atoms with Crippen molar-refractivity contribution in [1.29, 1.82) is 0 Å². The first-order chi connectivity index (χ1) is 18.2. The number of nitrogens with one attached hydrogen (secondary N) is 1. The Morgan fingerprint density at radius 1 is 0.974 bits per heavy atom. The Balaban J connectivity index is 1.47. The maximum absolute atomic E-state index is 11.6. The summed E-state index contributed by atoms with van der Waals surface area (Å²) in [6, 6.07) is 4.58. The Kier molecular flexibility index (Phi) is 9.48. The molecule has 1 aromatic carbocycles. The summed E-state index contributed by atoms with van der Waals surface area (Å²) in [6.45, 7) is -0.816. The van der Waals surface area contributed by atoms with E-state index in [0.29, 0.717) is 30.9 Å². The lowest BCUT2D eigenvalue weighted by atomic mass is 9.81. The molecule has 1 aliphatic carbocycles. The van der Waals surface area contributed by atoms with Crippen molar-refractivity contribution in [3.63, 3.8) is 0 Å². The smallest absolute Gasteiger partial charge is 0.189 e. The Morgan fingerprint density at radius 3 is 2.37 bits per heavy atom. The molecule has 0 unspecified atom stereocenters. The van der Waals surface area contributed by atoms with Gasteiger partial charge in [-0.15, -0.1) is 0 Å². The van der Waals surface area contributed by atoms with Gasteiger partial charge in [0.05, 0.1) is 46.2 Å². The van der Waals surface area contributed by atoms with Crippen LogP contribution < -0.4 is 14.8 Å². The van der Waals surface area contributed by atoms with Gasteiger partial charge in [-0.25, -0.2) is 0 Å². The highest BCUT2D eigenvalue weighted by Crippen LogP contribution is 2.48. The minimum absolute atomic E-state index is 0.167. The summed E-state index contributed by atoms with van der Waals surface area (Å²) < 4.78 is 27.6. The van der Waals surface area contributed by atoms with Crippen LogP contribution in [-0.2, 0) is 20.6 Å². The van der Waals surface area contributed by atoms with E-state index >= 15 is 0 Å². The molecule has 11 atom stereocenters. The first-order valence-electron chi connectivity index (χ1n) is 12.7. The zero-order valence-corrected chi connectivity index (χ0v) is 21.4. The van der Waals surface area contributed by atoms with Crippen LogP contribution in [0.25, 0.3) is 0 Å². The quantitative estimate of drug-likeness (QED) is 0.149. The van der Waals surface area contributed by atoms with Gasteiger partial charge < -0.3 is 64.7 Å². The molecule has 8 N–H and O–H groups in total. The van der Waals surface area contributed by atoms with Crippen molar-refractivity contribution >= 4 is 0 Å². The summed E-state index contributed by atoms with van der Waals surface area (Å²) in [5.74, 6) is -0.259. The number of aliphatic hydroxyl groups excluding tert-OH is 6. The Morgan fingerprint density at radius 2 is 1.71 bits per heavy atom. The molecule has 2 aliphatic heterocycles. The van der Waals surface area contributed by atoms with Gasteiger partial charge in [0.2, 0.25) is 0 Å². The Labute approximate surface area is 220 Å². The molecule has 0 amide bonds. The van der Waals surface area contributed by atoms with E-state index < -0.39 is 79.8 Å². The molecule has 1 aromatic rings. The van der Waals surface area contributed by atoms with E-state index in [4.69, 9.17) is 23.7 Å². The van der Waals surface area contributed by atoms with Crippen LogP contribution in [0.1, 0.15) is 12.0 Å². The van der Waals surface area contributed by atoms with E-state index in [1.165, 1.54) is 0 Å². The molecule has 0 spiro atoms. The maximum atomic E-state index is 11.6. The fraction of sp³-hybridized carbons (Fsp3) is 0.760. The highest BCUT2D eigenvalue weighted by Gasteiger charge is 2.64. The number of ether oxygens (including phenoxy) is 5. The second kappa shape index (κ2) is 12.3. The topological polar surface area (TPSA) is 200 Å². The van der Waals surface area contributed by atoms with E-state index in [1.54, 1.807) is 20.3 Å². The average molecular weight is 546 g/mol. The molecule has 3 fully saturated rings. The normalized spacial score (nSPS) is 41.1. The molecule has 1 saturated carbocycles. The van der Waals surface area contributed by atoms with Crippen LogP contribution in [0, 0.1) is 11.8 Å². The van der Waals surface area contributed by atoms with Gasteiger partial charge in [0, 0.05) is 5.92 Å². The molecule has 216 valence electrons. The van der Waals surface area contributed by atoms with Gasteiger partial charge in [-0.1, -0.05) is 6.07 Å². The van der Waals surface area contributed by atoms with E-state index in [0.717, 1.165) is 5.56 Å². The number of methoxy groups -OCH3 is 2. The summed E-state index contributed by atoms with van der Waals surface area (Å²) in [6.07, 6.45) is -8.91. The highest BCUT2D eigenvalue weighted by molar-refractivity contribution is 5.43. The molecule has 13 heteroatoms. The van der Waals surface area contributed by atoms with Crippen LogP contribution in [0.5, 0.6) is 11.5 Å². The first-order valence-corrected chi connectivity index (χ1v) is 12.7. The van der Waals surface area contributed by atoms with E-state index in [1.807, 2.05) is 12.1 Å². The largest absolute Gasteiger partial charge is 0.493 e. The van der Waals surface area contributed by atoms with Crippen molar-refractivity contribution < 1.29 is 59.4 Å². The van der Waals surface area contributed by atoms with Crippen LogP contribution in [-0.4, -0.2) is 131 Å². The molecule has 2 saturated heterocycles. The molecule has 2 heterocycles. The molecule has 13 nitrogen and oxygen atoms in total.